The van der Waals surface area contributed by atoms with Crippen molar-refractivity contribution in [2.45, 2.75) is 19.3 Å². The van der Waals surface area contributed by atoms with E-state index in [4.69, 9.17) is 14.7 Å². The van der Waals surface area contributed by atoms with Gasteiger partial charge in [0.2, 0.25) is 5.82 Å². The maximum absolute atomic E-state index is 13.5. The predicted molar refractivity (Wildman–Crippen MR) is 90.0 cm³/mol. The van der Waals surface area contributed by atoms with Crippen molar-refractivity contribution in [3.8, 4) is 17.2 Å². The maximum atomic E-state index is 13.5. The summed E-state index contributed by atoms with van der Waals surface area (Å²) < 4.78 is 24.3. The highest BCUT2D eigenvalue weighted by Crippen LogP contribution is 2.24. The second-order valence-corrected chi connectivity index (χ2v) is 6.03. The lowest BCUT2D eigenvalue weighted by atomic mass is 10.1. The van der Waals surface area contributed by atoms with Crippen LogP contribution in [0.4, 0.5) is 4.39 Å². The second-order valence-electron chi connectivity index (χ2n) is 5.18. The summed E-state index contributed by atoms with van der Waals surface area (Å²) in [7, 11) is 0. The van der Waals surface area contributed by atoms with E-state index in [-0.39, 0.29) is 16.0 Å². The first kappa shape index (κ1) is 17.8. The number of unbranched alkanes of at least 4 members (excludes halogenated alkanes) is 1. The summed E-state index contributed by atoms with van der Waals surface area (Å²) in [5.41, 5.74) is 9.34. The van der Waals surface area contributed by atoms with Gasteiger partial charge in [-0.3, -0.25) is 4.52 Å². The molecule has 1 aromatic carbocycles. The Hall–Kier alpha value is -2.98. The first-order chi connectivity index (χ1) is 12.6. The molecule has 3 aromatic rings. The summed E-state index contributed by atoms with van der Waals surface area (Å²) in [4.78, 5) is 14.8. The number of aromatic nitrogens is 4. The fourth-order valence-electron chi connectivity index (χ4n) is 2.31. The number of benzene rings is 1. The molecule has 0 atom stereocenters. The summed E-state index contributed by atoms with van der Waals surface area (Å²) in [6.07, 6.45) is 1.81. The van der Waals surface area contributed by atoms with Crippen LogP contribution in [0.3, 0.4) is 0 Å². The van der Waals surface area contributed by atoms with Crippen LogP contribution >= 0.6 is 15.9 Å². The first-order valence-corrected chi connectivity index (χ1v) is 8.28. The number of hydrogen-bond donors (Lipinski definition) is 0. The largest absolute Gasteiger partial charge is 0.446 e. The van der Waals surface area contributed by atoms with Crippen molar-refractivity contribution in [1.29, 1.82) is 0 Å². The van der Waals surface area contributed by atoms with Gasteiger partial charge in [0.25, 0.3) is 0 Å². The number of hydrogen-bond acceptors (Lipinski definition) is 7. The zero-order chi connectivity index (χ0) is 18.5. The first-order valence-electron chi connectivity index (χ1n) is 7.48. The van der Waals surface area contributed by atoms with E-state index >= 15 is 0 Å². The monoisotopic (exact) mass is 423 g/mol. The third-order valence-electron chi connectivity index (χ3n) is 3.52. The van der Waals surface area contributed by atoms with E-state index in [1.54, 1.807) is 0 Å². The minimum Gasteiger partial charge on any atom is -0.295 e. The van der Waals surface area contributed by atoms with Crippen LogP contribution in [0.1, 0.15) is 18.5 Å². The molecular formula is C14H11BrFN7O3. The van der Waals surface area contributed by atoms with Crippen LogP contribution in [0, 0.1) is 5.82 Å². The molecule has 0 saturated heterocycles. The summed E-state index contributed by atoms with van der Waals surface area (Å²) >= 11 is 3.08. The molecule has 0 N–H and O–H groups in total. The van der Waals surface area contributed by atoms with Crippen LogP contribution in [-0.2, 0) is 6.42 Å². The molecule has 134 valence electrons. The molecule has 0 aliphatic heterocycles. The van der Waals surface area contributed by atoms with Gasteiger partial charge in [-0.25, -0.2) is 18.4 Å². The zero-order valence-electron chi connectivity index (χ0n) is 13.2. The van der Waals surface area contributed by atoms with Gasteiger partial charge in [-0.2, -0.15) is 0 Å². The standard InChI is InChI=1S/C14H11BrFN7O3/c15-9-7-8(4-5-10(9)16)23-13(21-25-14(23)24)12-11(19-26-20-12)3-1-2-6-18-22-17/h4-5,7H,1-3,6H2. The molecule has 0 amide bonds. The van der Waals surface area contributed by atoms with Crippen LogP contribution in [0.15, 0.2) is 41.7 Å². The molecule has 0 saturated carbocycles. The predicted octanol–water partition coefficient (Wildman–Crippen LogP) is 3.41. The molecule has 0 fully saturated rings. The zero-order valence-corrected chi connectivity index (χ0v) is 14.8. The molecule has 0 bridgehead atoms. The number of nitrogens with zero attached hydrogens (tertiary/aromatic N) is 7. The van der Waals surface area contributed by atoms with Gasteiger partial charge < -0.3 is 0 Å². The van der Waals surface area contributed by atoms with Crippen molar-refractivity contribution >= 4 is 15.9 Å². The number of rotatable bonds is 7. The van der Waals surface area contributed by atoms with Crippen LogP contribution in [0.2, 0.25) is 0 Å². The third kappa shape index (κ3) is 3.65. The van der Waals surface area contributed by atoms with Gasteiger partial charge in [0.05, 0.1) is 10.2 Å². The number of halogens is 2. The molecule has 2 aromatic heterocycles. The highest BCUT2D eigenvalue weighted by molar-refractivity contribution is 9.10. The molecule has 0 spiro atoms. The van der Waals surface area contributed by atoms with Crippen LogP contribution in [0.5, 0.6) is 0 Å². The lowest BCUT2D eigenvalue weighted by molar-refractivity contribution is 0.303. The molecular weight excluding hydrogens is 413 g/mol. The molecule has 12 heteroatoms. The second kappa shape index (κ2) is 7.93. The molecule has 0 unspecified atom stereocenters. The SMILES string of the molecule is [N-]=[N+]=NCCCCc1nonc1-c1noc(=O)n1-c1ccc(F)c(Br)c1. The summed E-state index contributed by atoms with van der Waals surface area (Å²) in [5, 5.41) is 14.8. The average Bonchev–Trinajstić information content (AvgIpc) is 3.23. The van der Waals surface area contributed by atoms with Gasteiger partial charge in [0.1, 0.15) is 11.5 Å². The minimum atomic E-state index is -0.754. The molecule has 0 radical (unpaired) electrons. The Bertz CT molecular complexity index is 1020. The fourth-order valence-corrected chi connectivity index (χ4v) is 2.68. The van der Waals surface area contributed by atoms with Crippen molar-refractivity contribution in [2.75, 3.05) is 6.54 Å². The normalized spacial score (nSPS) is 10.7. The topological polar surface area (TPSA) is 136 Å². The maximum Gasteiger partial charge on any atom is 0.446 e. The van der Waals surface area contributed by atoms with E-state index in [9.17, 15) is 9.18 Å². The third-order valence-corrected chi connectivity index (χ3v) is 4.13. The summed E-state index contributed by atoms with van der Waals surface area (Å²) in [5.74, 6) is -1.13. The van der Waals surface area contributed by atoms with E-state index in [0.717, 1.165) is 4.57 Å². The van der Waals surface area contributed by atoms with Gasteiger partial charge in [-0.15, -0.1) is 0 Å². The summed E-state index contributed by atoms with van der Waals surface area (Å²) in [6, 6.07) is 4.04. The molecule has 26 heavy (non-hydrogen) atoms. The average molecular weight is 424 g/mol. The van der Waals surface area contributed by atoms with E-state index in [1.165, 1.54) is 18.2 Å². The van der Waals surface area contributed by atoms with E-state index in [2.05, 4.69) is 41.4 Å². The van der Waals surface area contributed by atoms with E-state index < -0.39 is 11.6 Å². The highest BCUT2D eigenvalue weighted by atomic mass is 79.9. The van der Waals surface area contributed by atoms with Crippen molar-refractivity contribution in [2.24, 2.45) is 5.11 Å². The quantitative estimate of drug-likeness (QED) is 0.247. The van der Waals surface area contributed by atoms with Crippen LogP contribution in [-0.4, -0.2) is 26.6 Å². The van der Waals surface area contributed by atoms with E-state index in [0.29, 0.717) is 37.2 Å². The Balaban J connectivity index is 1.92. The van der Waals surface area contributed by atoms with Crippen molar-refractivity contribution in [3.63, 3.8) is 0 Å². The molecule has 3 rings (SSSR count). The fraction of sp³-hybridized carbons (Fsp3) is 0.286. The Labute approximate surface area is 153 Å². The molecule has 10 nitrogen and oxygen atoms in total. The van der Waals surface area contributed by atoms with Gasteiger partial charge in [0.15, 0.2) is 5.69 Å². The number of azide groups is 1. The molecule has 0 aliphatic carbocycles. The van der Waals surface area contributed by atoms with Crippen LogP contribution < -0.4 is 5.76 Å². The Kier molecular flexibility index (Phi) is 5.44. The Morgan fingerprint density at radius 3 is 2.92 bits per heavy atom. The number of aryl methyl sites for hydroxylation is 1. The smallest absolute Gasteiger partial charge is 0.295 e. The minimum absolute atomic E-state index is 0.0970. The van der Waals surface area contributed by atoms with E-state index in [1.807, 2.05) is 0 Å². The lowest BCUT2D eigenvalue weighted by Gasteiger charge is -2.04. The van der Waals surface area contributed by atoms with Crippen LogP contribution in [0.25, 0.3) is 27.6 Å². The highest BCUT2D eigenvalue weighted by Gasteiger charge is 2.22. The van der Waals surface area contributed by atoms with Gasteiger partial charge in [-0.05, 0) is 64.1 Å². The summed E-state index contributed by atoms with van der Waals surface area (Å²) in [6.45, 7) is 0.370. The van der Waals surface area contributed by atoms with Crippen molar-refractivity contribution in [1.82, 2.24) is 20.0 Å². The van der Waals surface area contributed by atoms with Crippen molar-refractivity contribution in [3.05, 3.63) is 55.2 Å². The molecule has 0 aliphatic rings. The van der Waals surface area contributed by atoms with Gasteiger partial charge in [-0.1, -0.05) is 15.4 Å². The van der Waals surface area contributed by atoms with Gasteiger partial charge in [0, 0.05) is 11.5 Å². The lowest BCUT2D eigenvalue weighted by Crippen LogP contribution is -2.14. The van der Waals surface area contributed by atoms with Crippen molar-refractivity contribution < 1.29 is 13.5 Å². The molecule has 2 heterocycles. The van der Waals surface area contributed by atoms with Gasteiger partial charge >= 0.3 is 5.76 Å². The Morgan fingerprint density at radius 2 is 2.15 bits per heavy atom. The Morgan fingerprint density at radius 1 is 1.31 bits per heavy atom.